The van der Waals surface area contributed by atoms with Gasteiger partial charge in [0.05, 0.1) is 0 Å². The summed E-state index contributed by atoms with van der Waals surface area (Å²) < 4.78 is 13.9. The average molecular weight is 333 g/mol. The second kappa shape index (κ2) is 6.59. The van der Waals surface area contributed by atoms with Crippen molar-refractivity contribution in [2.45, 2.75) is 18.8 Å². The SMILES string of the molecule is Nc1ccc(CCNC(=O)C2CC2c2c(F)cccc2Cl)cc1. The lowest BCUT2D eigenvalue weighted by Gasteiger charge is -2.07. The van der Waals surface area contributed by atoms with Crippen molar-refractivity contribution >= 4 is 23.2 Å². The van der Waals surface area contributed by atoms with E-state index in [0.717, 1.165) is 17.7 Å². The summed E-state index contributed by atoms with van der Waals surface area (Å²) in [4.78, 5) is 12.2. The van der Waals surface area contributed by atoms with Crippen LogP contribution in [0.5, 0.6) is 0 Å². The Bertz CT molecular complexity index is 697. The van der Waals surface area contributed by atoms with Crippen LogP contribution in [0.25, 0.3) is 0 Å². The number of amides is 1. The molecule has 0 heterocycles. The highest BCUT2D eigenvalue weighted by Crippen LogP contribution is 2.50. The molecule has 120 valence electrons. The highest BCUT2D eigenvalue weighted by molar-refractivity contribution is 6.31. The molecular weight excluding hydrogens is 315 g/mol. The van der Waals surface area contributed by atoms with E-state index >= 15 is 0 Å². The topological polar surface area (TPSA) is 55.1 Å². The number of carbonyl (C=O) groups excluding carboxylic acids is 1. The third kappa shape index (κ3) is 3.64. The standard InChI is InChI=1S/C18H18ClFN2O/c19-15-2-1-3-16(20)17(15)13-10-14(13)18(23)22-9-8-11-4-6-12(21)7-5-11/h1-7,13-14H,8-10,21H2,(H,22,23). The van der Waals surface area contributed by atoms with Crippen molar-refractivity contribution in [3.63, 3.8) is 0 Å². The quantitative estimate of drug-likeness (QED) is 0.823. The van der Waals surface area contributed by atoms with Crippen LogP contribution in [0.3, 0.4) is 0 Å². The van der Waals surface area contributed by atoms with E-state index in [0.29, 0.717) is 23.6 Å². The smallest absolute Gasteiger partial charge is 0.223 e. The largest absolute Gasteiger partial charge is 0.399 e. The molecule has 3 rings (SSSR count). The first-order valence-corrected chi connectivity index (χ1v) is 8.00. The van der Waals surface area contributed by atoms with Crippen LogP contribution in [-0.2, 0) is 11.2 Å². The molecule has 5 heteroatoms. The molecule has 23 heavy (non-hydrogen) atoms. The minimum Gasteiger partial charge on any atom is -0.399 e. The first kappa shape index (κ1) is 15.8. The molecule has 3 N–H and O–H groups in total. The van der Waals surface area contributed by atoms with Crippen LogP contribution in [-0.4, -0.2) is 12.5 Å². The summed E-state index contributed by atoms with van der Waals surface area (Å²) in [6.45, 7) is 0.553. The molecule has 0 aliphatic heterocycles. The number of nitrogens with two attached hydrogens (primary N) is 1. The van der Waals surface area contributed by atoms with Gasteiger partial charge in [-0.3, -0.25) is 4.79 Å². The Labute approximate surface area is 139 Å². The third-order valence-corrected chi connectivity index (χ3v) is 4.52. The zero-order chi connectivity index (χ0) is 16.4. The summed E-state index contributed by atoms with van der Waals surface area (Å²) in [6, 6.07) is 12.2. The molecule has 1 aliphatic carbocycles. The van der Waals surface area contributed by atoms with Gasteiger partial charge in [0.25, 0.3) is 0 Å². The van der Waals surface area contributed by atoms with Gasteiger partial charge < -0.3 is 11.1 Å². The normalized spacial score (nSPS) is 19.4. The van der Waals surface area contributed by atoms with Crippen molar-refractivity contribution < 1.29 is 9.18 Å². The Kier molecular flexibility index (Phi) is 4.53. The maximum Gasteiger partial charge on any atom is 0.223 e. The summed E-state index contributed by atoms with van der Waals surface area (Å²) in [5, 5.41) is 3.31. The predicted octanol–water partition coefficient (Wildman–Crippen LogP) is 3.52. The summed E-state index contributed by atoms with van der Waals surface area (Å²) in [5.74, 6) is -0.666. The van der Waals surface area contributed by atoms with Crippen molar-refractivity contribution in [1.82, 2.24) is 5.32 Å². The van der Waals surface area contributed by atoms with E-state index in [4.69, 9.17) is 17.3 Å². The van der Waals surface area contributed by atoms with Crippen molar-refractivity contribution in [3.05, 3.63) is 64.4 Å². The van der Waals surface area contributed by atoms with Gasteiger partial charge in [-0.25, -0.2) is 4.39 Å². The van der Waals surface area contributed by atoms with E-state index in [9.17, 15) is 9.18 Å². The average Bonchev–Trinajstić information content (AvgIpc) is 3.29. The fourth-order valence-electron chi connectivity index (χ4n) is 2.81. The molecule has 0 spiro atoms. The van der Waals surface area contributed by atoms with Crippen molar-refractivity contribution in [2.24, 2.45) is 5.92 Å². The number of carbonyl (C=O) groups is 1. The fraction of sp³-hybridized carbons (Fsp3) is 0.278. The maximum atomic E-state index is 13.9. The molecular formula is C18H18ClFN2O. The number of nitrogens with one attached hydrogen (secondary N) is 1. The number of hydrogen-bond donors (Lipinski definition) is 2. The summed E-state index contributed by atoms with van der Waals surface area (Å²) in [7, 11) is 0. The van der Waals surface area contributed by atoms with Crippen LogP contribution in [0.2, 0.25) is 5.02 Å². The van der Waals surface area contributed by atoms with Gasteiger partial charge in [0.1, 0.15) is 5.82 Å². The second-order valence-corrected chi connectivity index (χ2v) is 6.27. The van der Waals surface area contributed by atoms with E-state index in [2.05, 4.69) is 5.32 Å². The minimum absolute atomic E-state index is 0.0373. The van der Waals surface area contributed by atoms with Gasteiger partial charge in [0.15, 0.2) is 0 Å². The number of anilines is 1. The first-order valence-electron chi connectivity index (χ1n) is 7.62. The van der Waals surface area contributed by atoms with Crippen LogP contribution < -0.4 is 11.1 Å². The van der Waals surface area contributed by atoms with E-state index in [1.54, 1.807) is 12.1 Å². The van der Waals surface area contributed by atoms with Gasteiger partial charge in [-0.1, -0.05) is 29.8 Å². The zero-order valence-corrected chi connectivity index (χ0v) is 13.3. The Balaban J connectivity index is 1.52. The van der Waals surface area contributed by atoms with Crippen molar-refractivity contribution in [1.29, 1.82) is 0 Å². The molecule has 2 atom stereocenters. The van der Waals surface area contributed by atoms with Gasteiger partial charge in [0.2, 0.25) is 5.91 Å². The first-order chi connectivity index (χ1) is 11.1. The summed E-state index contributed by atoms with van der Waals surface area (Å²) in [6.07, 6.45) is 1.39. The summed E-state index contributed by atoms with van der Waals surface area (Å²) in [5.41, 5.74) is 7.94. The van der Waals surface area contributed by atoms with E-state index in [1.807, 2.05) is 24.3 Å². The third-order valence-electron chi connectivity index (χ3n) is 4.19. The fourth-order valence-corrected chi connectivity index (χ4v) is 3.12. The molecule has 1 aliphatic rings. The summed E-state index contributed by atoms with van der Waals surface area (Å²) >= 11 is 6.05. The minimum atomic E-state index is -0.334. The van der Waals surface area contributed by atoms with E-state index < -0.39 is 0 Å². The molecule has 2 aromatic carbocycles. The predicted molar refractivity (Wildman–Crippen MR) is 89.8 cm³/mol. The highest BCUT2D eigenvalue weighted by Gasteiger charge is 2.46. The molecule has 0 bridgehead atoms. The molecule has 1 amide bonds. The van der Waals surface area contributed by atoms with Gasteiger partial charge in [-0.15, -0.1) is 0 Å². The Hall–Kier alpha value is -2.07. The van der Waals surface area contributed by atoms with Crippen molar-refractivity contribution in [3.8, 4) is 0 Å². The molecule has 3 nitrogen and oxygen atoms in total. The van der Waals surface area contributed by atoms with Gasteiger partial charge in [-0.2, -0.15) is 0 Å². The number of benzene rings is 2. The zero-order valence-electron chi connectivity index (χ0n) is 12.6. The number of nitrogen functional groups attached to an aromatic ring is 1. The molecule has 0 radical (unpaired) electrons. The monoisotopic (exact) mass is 332 g/mol. The molecule has 0 aromatic heterocycles. The second-order valence-electron chi connectivity index (χ2n) is 5.87. The lowest BCUT2D eigenvalue weighted by Crippen LogP contribution is -2.27. The van der Waals surface area contributed by atoms with Crippen LogP contribution in [0.15, 0.2) is 42.5 Å². The van der Waals surface area contributed by atoms with E-state index in [1.165, 1.54) is 6.07 Å². The van der Waals surface area contributed by atoms with Gasteiger partial charge in [-0.05, 0) is 42.7 Å². The lowest BCUT2D eigenvalue weighted by atomic mass is 10.1. The van der Waals surface area contributed by atoms with E-state index in [-0.39, 0.29) is 23.6 Å². The van der Waals surface area contributed by atoms with Crippen LogP contribution in [0.4, 0.5) is 10.1 Å². The van der Waals surface area contributed by atoms with Gasteiger partial charge in [0, 0.05) is 34.7 Å². The molecule has 0 saturated heterocycles. The molecule has 1 fully saturated rings. The van der Waals surface area contributed by atoms with Crippen molar-refractivity contribution in [2.75, 3.05) is 12.3 Å². The highest BCUT2D eigenvalue weighted by atomic mass is 35.5. The number of rotatable bonds is 5. The number of hydrogen-bond acceptors (Lipinski definition) is 2. The van der Waals surface area contributed by atoms with Crippen LogP contribution >= 0.6 is 11.6 Å². The maximum absolute atomic E-state index is 13.9. The van der Waals surface area contributed by atoms with Crippen LogP contribution in [0, 0.1) is 11.7 Å². The Morgan fingerprint density at radius 1 is 1.26 bits per heavy atom. The Morgan fingerprint density at radius 3 is 2.70 bits per heavy atom. The molecule has 1 saturated carbocycles. The number of halogens is 2. The molecule has 2 aromatic rings. The van der Waals surface area contributed by atoms with Crippen LogP contribution in [0.1, 0.15) is 23.5 Å². The van der Waals surface area contributed by atoms with Gasteiger partial charge >= 0.3 is 0 Å². The molecule has 2 unspecified atom stereocenters. The Morgan fingerprint density at radius 2 is 2.00 bits per heavy atom. The lowest BCUT2D eigenvalue weighted by molar-refractivity contribution is -0.122.